The molecule has 0 aliphatic carbocycles. The number of fused-ring (bicyclic) bond motifs is 1. The molecule has 228 valence electrons. The highest BCUT2D eigenvalue weighted by Gasteiger charge is 2.38. The molecule has 2 aliphatic heterocycles. The van der Waals surface area contributed by atoms with Crippen molar-refractivity contribution in [2.75, 3.05) is 58.0 Å². The topological polar surface area (TPSA) is 140 Å². The Hall–Kier alpha value is -3.41. The molecule has 3 aromatic heterocycles. The number of carbonyl (C=O) groups excluding carboxylic acids is 1. The number of rotatable bonds is 9. The van der Waals surface area contributed by atoms with Crippen LogP contribution in [-0.4, -0.2) is 110 Å². The predicted octanol–water partition coefficient (Wildman–Crippen LogP) is 1.58. The molecule has 3 atom stereocenters. The molecule has 0 spiro atoms. The number of nitrogens with zero attached hydrogens (tertiary/aromatic N) is 6. The molecule has 1 amide bonds. The Labute approximate surface area is 240 Å². The van der Waals surface area contributed by atoms with Crippen LogP contribution in [0.1, 0.15) is 22.3 Å². The fraction of sp³-hybridized carbons (Fsp3) is 0.520. The van der Waals surface area contributed by atoms with Gasteiger partial charge in [-0.15, -0.1) is 0 Å². The zero-order chi connectivity index (χ0) is 30.0. The number of hydrogen-bond donors (Lipinski definition) is 2. The molecular weight excluding hydrogens is 584 g/mol. The molecule has 0 radical (unpaired) electrons. The van der Waals surface area contributed by atoms with E-state index >= 15 is 0 Å². The van der Waals surface area contributed by atoms with Gasteiger partial charge in [0.15, 0.2) is 5.82 Å². The Kier molecular flexibility index (Phi) is 8.91. The van der Waals surface area contributed by atoms with Gasteiger partial charge in [0.05, 0.1) is 49.5 Å². The lowest BCUT2D eigenvalue weighted by atomic mass is 10.1. The summed E-state index contributed by atoms with van der Waals surface area (Å²) in [6, 6.07) is 2.33. The van der Waals surface area contributed by atoms with Crippen LogP contribution in [0.15, 0.2) is 24.7 Å². The van der Waals surface area contributed by atoms with Crippen molar-refractivity contribution < 1.29 is 36.0 Å². The lowest BCUT2D eigenvalue weighted by Crippen LogP contribution is -2.41. The number of morpholine rings is 1. The summed E-state index contributed by atoms with van der Waals surface area (Å²) >= 11 is 0. The van der Waals surface area contributed by atoms with Crippen LogP contribution in [0.3, 0.4) is 0 Å². The van der Waals surface area contributed by atoms with Crippen molar-refractivity contribution in [1.82, 2.24) is 34.1 Å². The number of aromatic nitrogens is 4. The average Bonchev–Trinajstić information content (AvgIpc) is 3.52. The number of hydrogen-bond acceptors (Lipinski definition) is 9. The second-order valence-corrected chi connectivity index (χ2v) is 11.5. The second kappa shape index (κ2) is 12.4. The summed E-state index contributed by atoms with van der Waals surface area (Å²) in [5.74, 6) is -1.12. The number of alkyl halides is 4. The maximum Gasteiger partial charge on any atom is 0.390 e. The van der Waals surface area contributed by atoms with E-state index in [9.17, 15) is 26.6 Å². The first-order valence-electron chi connectivity index (χ1n) is 13.1. The number of pyridine rings is 1. The number of nitrogens with one attached hydrogen (secondary N) is 1. The SMILES string of the molecule is COc1ncc(-c2cc(CN3CCOCC3)c3c(N)ncnn23)cc1C(=O)NC1CN(S(=O)CCC(F)(F)F)CC1F. The highest BCUT2D eigenvalue weighted by atomic mass is 32.2. The van der Waals surface area contributed by atoms with E-state index < -0.39 is 47.5 Å². The van der Waals surface area contributed by atoms with E-state index in [4.69, 9.17) is 15.2 Å². The third kappa shape index (κ3) is 6.63. The minimum atomic E-state index is -4.47. The van der Waals surface area contributed by atoms with E-state index in [0.717, 1.165) is 23.0 Å². The monoisotopic (exact) mass is 614 g/mol. The van der Waals surface area contributed by atoms with Crippen molar-refractivity contribution in [3.05, 3.63) is 35.8 Å². The third-order valence-corrected chi connectivity index (χ3v) is 8.55. The number of nitrogens with two attached hydrogens (primary N) is 1. The second-order valence-electron chi connectivity index (χ2n) is 9.96. The molecule has 2 aliphatic rings. The van der Waals surface area contributed by atoms with Crippen molar-refractivity contribution in [3.8, 4) is 17.1 Å². The number of nitrogen functional groups attached to an aromatic ring is 1. The molecule has 2 fully saturated rings. The highest BCUT2D eigenvalue weighted by Crippen LogP contribution is 2.31. The average molecular weight is 615 g/mol. The highest BCUT2D eigenvalue weighted by molar-refractivity contribution is 7.82. The number of halogens is 4. The van der Waals surface area contributed by atoms with Crippen LogP contribution in [0.4, 0.5) is 23.4 Å². The van der Waals surface area contributed by atoms with Gasteiger partial charge in [-0.1, -0.05) is 0 Å². The predicted molar refractivity (Wildman–Crippen MR) is 145 cm³/mol. The quantitative estimate of drug-likeness (QED) is 0.344. The molecule has 17 heteroatoms. The molecule has 12 nitrogen and oxygen atoms in total. The standard InChI is InChI=1S/C25H30F4N8O4S/c1-40-24-17(23(38)34-19-13-36(12-18(19)26)42(39)7-2-25(27,28)29)8-15(10-31-24)20-9-16(11-35-3-5-41-6-4-35)21-22(30)32-14-33-37(20)21/h8-10,14,18-19H,2-7,11-13H2,1H3,(H,34,38)(H2,30,32,33). The molecule has 0 bridgehead atoms. The summed E-state index contributed by atoms with van der Waals surface area (Å²) in [6.45, 7) is 2.73. The van der Waals surface area contributed by atoms with Gasteiger partial charge in [0.1, 0.15) is 23.6 Å². The molecule has 5 rings (SSSR count). The van der Waals surface area contributed by atoms with Crippen LogP contribution in [0, 0.1) is 0 Å². The first-order chi connectivity index (χ1) is 20.0. The maximum atomic E-state index is 14.8. The van der Waals surface area contributed by atoms with Gasteiger partial charge in [0.2, 0.25) is 5.88 Å². The first-order valence-corrected chi connectivity index (χ1v) is 14.4. The van der Waals surface area contributed by atoms with Crippen LogP contribution in [0.25, 0.3) is 16.8 Å². The van der Waals surface area contributed by atoms with E-state index in [1.54, 1.807) is 4.52 Å². The molecule has 42 heavy (non-hydrogen) atoms. The van der Waals surface area contributed by atoms with Gasteiger partial charge in [0, 0.05) is 50.2 Å². The minimum Gasteiger partial charge on any atom is -0.480 e. The van der Waals surface area contributed by atoms with E-state index in [1.165, 1.54) is 25.7 Å². The summed E-state index contributed by atoms with van der Waals surface area (Å²) in [5, 5.41) is 6.92. The largest absolute Gasteiger partial charge is 0.480 e. The van der Waals surface area contributed by atoms with Crippen molar-refractivity contribution in [2.45, 2.75) is 31.4 Å². The Bertz CT molecular complexity index is 1470. The Morgan fingerprint density at radius 3 is 2.71 bits per heavy atom. The number of amides is 1. The van der Waals surface area contributed by atoms with Crippen LogP contribution in [0.2, 0.25) is 0 Å². The zero-order valence-electron chi connectivity index (χ0n) is 22.6. The Balaban J connectivity index is 1.38. The zero-order valence-corrected chi connectivity index (χ0v) is 23.5. The molecule has 0 aromatic carbocycles. The van der Waals surface area contributed by atoms with Gasteiger partial charge in [-0.25, -0.2) is 27.4 Å². The molecule has 5 heterocycles. The summed E-state index contributed by atoms with van der Waals surface area (Å²) in [5.41, 5.74) is 8.80. The van der Waals surface area contributed by atoms with E-state index in [2.05, 4.69) is 25.3 Å². The first kappa shape index (κ1) is 30.1. The van der Waals surface area contributed by atoms with Crippen LogP contribution in [-0.2, 0) is 22.3 Å². The molecular formula is C25H30F4N8O4S. The third-order valence-electron chi connectivity index (χ3n) is 7.12. The fourth-order valence-electron chi connectivity index (χ4n) is 5.00. The molecule has 3 aromatic rings. The maximum absolute atomic E-state index is 14.8. The van der Waals surface area contributed by atoms with Gasteiger partial charge >= 0.3 is 6.18 Å². The lowest BCUT2D eigenvalue weighted by Gasteiger charge is -2.26. The van der Waals surface area contributed by atoms with E-state index in [0.29, 0.717) is 36.5 Å². The van der Waals surface area contributed by atoms with Gasteiger partial charge < -0.3 is 20.5 Å². The number of carbonyl (C=O) groups is 1. The van der Waals surface area contributed by atoms with Crippen LogP contribution in [0.5, 0.6) is 5.88 Å². The van der Waals surface area contributed by atoms with Crippen molar-refractivity contribution in [1.29, 1.82) is 0 Å². The van der Waals surface area contributed by atoms with Gasteiger partial charge in [0.25, 0.3) is 5.91 Å². The number of ether oxygens (including phenoxy) is 2. The lowest BCUT2D eigenvalue weighted by molar-refractivity contribution is -0.129. The molecule has 3 unspecified atom stereocenters. The van der Waals surface area contributed by atoms with Crippen molar-refractivity contribution in [2.24, 2.45) is 0 Å². The van der Waals surface area contributed by atoms with Crippen LogP contribution < -0.4 is 15.8 Å². The van der Waals surface area contributed by atoms with Gasteiger partial charge in [-0.05, 0) is 17.7 Å². The van der Waals surface area contributed by atoms with E-state index in [-0.39, 0.29) is 30.4 Å². The summed E-state index contributed by atoms with van der Waals surface area (Å²) < 4.78 is 78.1. The molecule has 2 saturated heterocycles. The Morgan fingerprint density at radius 2 is 2.00 bits per heavy atom. The number of anilines is 1. The Morgan fingerprint density at radius 1 is 1.24 bits per heavy atom. The van der Waals surface area contributed by atoms with E-state index in [1.807, 2.05) is 6.07 Å². The fourth-order valence-corrected chi connectivity index (χ4v) is 6.30. The van der Waals surface area contributed by atoms with Gasteiger partial charge in [-0.3, -0.25) is 9.69 Å². The number of methoxy groups -OCH3 is 1. The molecule has 0 saturated carbocycles. The van der Waals surface area contributed by atoms with Crippen molar-refractivity contribution >= 4 is 28.2 Å². The summed E-state index contributed by atoms with van der Waals surface area (Å²) in [4.78, 5) is 23.9. The smallest absolute Gasteiger partial charge is 0.390 e. The normalized spacial score (nSPS) is 21.1. The van der Waals surface area contributed by atoms with Crippen LogP contribution >= 0.6 is 0 Å². The minimum absolute atomic E-state index is 0.00514. The molecule has 3 N–H and O–H groups in total. The van der Waals surface area contributed by atoms with Crippen molar-refractivity contribution in [3.63, 3.8) is 0 Å². The van der Waals surface area contributed by atoms with Gasteiger partial charge in [-0.2, -0.15) is 18.3 Å². The summed E-state index contributed by atoms with van der Waals surface area (Å²) in [6.07, 6.45) is -4.53. The summed E-state index contributed by atoms with van der Waals surface area (Å²) in [7, 11) is -0.712.